The maximum absolute atomic E-state index is 5.89. The molecule has 0 bridgehead atoms. The zero-order valence-corrected chi connectivity index (χ0v) is 19.6. The van der Waals surface area contributed by atoms with Crippen molar-refractivity contribution in [1.29, 1.82) is 0 Å². The first kappa shape index (κ1) is 24.0. The smallest absolute Gasteiger partial charge is 0.191 e. The second-order valence-corrected chi connectivity index (χ2v) is 7.27. The third kappa shape index (κ3) is 8.23. The van der Waals surface area contributed by atoms with Gasteiger partial charge in [0.25, 0.3) is 0 Å². The van der Waals surface area contributed by atoms with Crippen molar-refractivity contribution in [3.63, 3.8) is 0 Å². The maximum Gasteiger partial charge on any atom is 0.191 e. The highest BCUT2D eigenvalue weighted by Crippen LogP contribution is 2.19. The quantitative estimate of drug-likeness (QED) is 0.350. The molecule has 1 aliphatic heterocycles. The summed E-state index contributed by atoms with van der Waals surface area (Å²) in [6.07, 6.45) is 0.190. The molecule has 0 aromatic heterocycles. The predicted octanol–water partition coefficient (Wildman–Crippen LogP) is 2.64. The third-order valence-corrected chi connectivity index (χ3v) is 4.46. The summed E-state index contributed by atoms with van der Waals surface area (Å²) in [6, 6.07) is 6.23. The average molecular weight is 490 g/mol. The van der Waals surface area contributed by atoms with Crippen LogP contribution in [0.1, 0.15) is 25.0 Å². The van der Waals surface area contributed by atoms with Crippen LogP contribution in [0.15, 0.2) is 23.2 Å². The van der Waals surface area contributed by atoms with Crippen molar-refractivity contribution in [3.05, 3.63) is 29.3 Å². The number of hydrogen-bond acceptors (Lipinski definition) is 4. The fourth-order valence-electron chi connectivity index (χ4n) is 3.19. The van der Waals surface area contributed by atoms with Gasteiger partial charge in [-0.1, -0.05) is 26.0 Å². The fraction of sp³-hybridized carbons (Fsp3) is 0.650. The molecule has 1 atom stereocenters. The van der Waals surface area contributed by atoms with Crippen LogP contribution in [0, 0.1) is 12.8 Å². The lowest BCUT2D eigenvalue weighted by Crippen LogP contribution is -2.50. The number of methoxy groups -OCH3 is 1. The van der Waals surface area contributed by atoms with Gasteiger partial charge in [-0.05, 0) is 24.5 Å². The summed E-state index contributed by atoms with van der Waals surface area (Å²) in [5.74, 6) is 2.35. The summed E-state index contributed by atoms with van der Waals surface area (Å²) in [5.41, 5.74) is 2.30. The highest BCUT2D eigenvalue weighted by molar-refractivity contribution is 14.0. The average Bonchev–Trinajstić information content (AvgIpc) is 2.62. The second kappa shape index (κ2) is 12.4. The molecular formula is C20H35IN4O2. The summed E-state index contributed by atoms with van der Waals surface area (Å²) in [5, 5.41) is 6.73. The van der Waals surface area contributed by atoms with Crippen LogP contribution in [0.5, 0.6) is 5.75 Å². The van der Waals surface area contributed by atoms with Crippen LogP contribution in [0.25, 0.3) is 0 Å². The summed E-state index contributed by atoms with van der Waals surface area (Å²) >= 11 is 0. The molecule has 0 amide bonds. The van der Waals surface area contributed by atoms with Crippen LogP contribution in [-0.2, 0) is 11.3 Å². The van der Waals surface area contributed by atoms with Gasteiger partial charge in [0.15, 0.2) is 5.96 Å². The van der Waals surface area contributed by atoms with Gasteiger partial charge < -0.3 is 20.1 Å². The van der Waals surface area contributed by atoms with E-state index >= 15 is 0 Å². The molecule has 0 radical (unpaired) electrons. The van der Waals surface area contributed by atoms with E-state index in [1.165, 1.54) is 5.56 Å². The molecule has 1 aliphatic rings. The molecule has 0 aliphatic carbocycles. The lowest BCUT2D eigenvalue weighted by atomic mass is 10.1. The van der Waals surface area contributed by atoms with Gasteiger partial charge in [-0.25, -0.2) is 0 Å². The van der Waals surface area contributed by atoms with Crippen LogP contribution in [-0.4, -0.2) is 63.9 Å². The number of halogens is 1. The molecule has 0 spiro atoms. The minimum Gasteiger partial charge on any atom is -0.496 e. The van der Waals surface area contributed by atoms with E-state index in [0.29, 0.717) is 12.5 Å². The number of benzene rings is 1. The Hall–Kier alpha value is -1.06. The van der Waals surface area contributed by atoms with E-state index in [2.05, 4.69) is 53.4 Å². The van der Waals surface area contributed by atoms with E-state index in [9.17, 15) is 0 Å². The Morgan fingerprint density at radius 2 is 2.15 bits per heavy atom. The molecule has 154 valence electrons. The molecule has 0 saturated carbocycles. The minimum atomic E-state index is 0. The molecule has 2 rings (SSSR count). The first-order chi connectivity index (χ1) is 12.5. The van der Waals surface area contributed by atoms with Crippen molar-refractivity contribution in [2.24, 2.45) is 10.9 Å². The summed E-state index contributed by atoms with van der Waals surface area (Å²) < 4.78 is 11.4. The van der Waals surface area contributed by atoms with Gasteiger partial charge in [0.1, 0.15) is 5.75 Å². The van der Waals surface area contributed by atoms with E-state index in [1.54, 1.807) is 14.2 Å². The normalized spacial score (nSPS) is 18.1. The van der Waals surface area contributed by atoms with E-state index in [1.807, 2.05) is 6.07 Å². The molecule has 1 aromatic rings. The van der Waals surface area contributed by atoms with E-state index in [4.69, 9.17) is 9.47 Å². The Morgan fingerprint density at radius 1 is 1.37 bits per heavy atom. The van der Waals surface area contributed by atoms with Crippen molar-refractivity contribution in [2.45, 2.75) is 33.4 Å². The van der Waals surface area contributed by atoms with Gasteiger partial charge in [-0.2, -0.15) is 0 Å². The molecule has 1 aromatic carbocycles. The molecule has 1 heterocycles. The molecule has 2 N–H and O–H groups in total. The lowest BCUT2D eigenvalue weighted by molar-refractivity contribution is -0.0284. The van der Waals surface area contributed by atoms with Gasteiger partial charge in [0.2, 0.25) is 0 Å². The fourth-order valence-corrected chi connectivity index (χ4v) is 3.19. The standard InChI is InChI=1S/C20H34N4O2.HI/c1-15(2)13-24-8-9-26-18(14-24)12-23-20(21-4)22-11-17-7-6-16(3)10-19(17)25-5;/h6-7,10,15,18H,8-9,11-14H2,1-5H3,(H2,21,22,23);1H. The lowest BCUT2D eigenvalue weighted by Gasteiger charge is -2.34. The Balaban J connectivity index is 0.00000364. The number of guanidine groups is 1. The topological polar surface area (TPSA) is 58.1 Å². The van der Waals surface area contributed by atoms with Crippen LogP contribution in [0.4, 0.5) is 0 Å². The predicted molar refractivity (Wildman–Crippen MR) is 122 cm³/mol. The zero-order chi connectivity index (χ0) is 18.9. The van der Waals surface area contributed by atoms with Gasteiger partial charge in [0.05, 0.1) is 19.8 Å². The third-order valence-electron chi connectivity index (χ3n) is 4.46. The van der Waals surface area contributed by atoms with E-state index in [-0.39, 0.29) is 30.1 Å². The molecule has 7 heteroatoms. The molecule has 1 saturated heterocycles. The number of nitrogens with zero attached hydrogens (tertiary/aromatic N) is 2. The summed E-state index contributed by atoms with van der Waals surface area (Å²) in [4.78, 5) is 6.79. The van der Waals surface area contributed by atoms with Crippen LogP contribution in [0.3, 0.4) is 0 Å². The molecule has 1 fully saturated rings. The Bertz CT molecular complexity index is 595. The number of aryl methyl sites for hydroxylation is 1. The van der Waals surface area contributed by atoms with E-state index < -0.39 is 0 Å². The summed E-state index contributed by atoms with van der Waals surface area (Å²) in [7, 11) is 3.49. The van der Waals surface area contributed by atoms with Crippen LogP contribution >= 0.6 is 24.0 Å². The molecule has 1 unspecified atom stereocenters. The highest BCUT2D eigenvalue weighted by atomic mass is 127. The van der Waals surface area contributed by atoms with Gasteiger partial charge >= 0.3 is 0 Å². The SMILES string of the molecule is CN=C(NCc1ccc(C)cc1OC)NCC1CN(CC(C)C)CCO1.I. The van der Waals surface area contributed by atoms with Gasteiger partial charge in [-0.3, -0.25) is 9.89 Å². The van der Waals surface area contributed by atoms with Crippen molar-refractivity contribution in [1.82, 2.24) is 15.5 Å². The van der Waals surface area contributed by atoms with E-state index in [0.717, 1.165) is 50.1 Å². The largest absolute Gasteiger partial charge is 0.496 e. The summed E-state index contributed by atoms with van der Waals surface area (Å²) in [6.45, 7) is 11.9. The second-order valence-electron chi connectivity index (χ2n) is 7.27. The van der Waals surface area contributed by atoms with Gasteiger partial charge in [0, 0.05) is 45.3 Å². The zero-order valence-electron chi connectivity index (χ0n) is 17.2. The van der Waals surface area contributed by atoms with Crippen molar-refractivity contribution >= 4 is 29.9 Å². The van der Waals surface area contributed by atoms with Crippen molar-refractivity contribution in [3.8, 4) is 5.75 Å². The maximum atomic E-state index is 5.89. The highest BCUT2D eigenvalue weighted by Gasteiger charge is 2.21. The number of nitrogens with one attached hydrogen (secondary N) is 2. The monoisotopic (exact) mass is 490 g/mol. The number of rotatable bonds is 7. The Kier molecular flexibility index (Phi) is 11.0. The van der Waals surface area contributed by atoms with Gasteiger partial charge in [-0.15, -0.1) is 24.0 Å². The number of morpholine rings is 1. The number of ether oxygens (including phenoxy) is 2. The molecule has 27 heavy (non-hydrogen) atoms. The Morgan fingerprint density at radius 3 is 2.81 bits per heavy atom. The van der Waals surface area contributed by atoms with Crippen LogP contribution in [0.2, 0.25) is 0 Å². The minimum absolute atomic E-state index is 0. The molecular weight excluding hydrogens is 455 g/mol. The molecule has 6 nitrogen and oxygen atoms in total. The number of aliphatic imine (C=N–C) groups is 1. The number of hydrogen-bond donors (Lipinski definition) is 2. The first-order valence-corrected chi connectivity index (χ1v) is 9.43. The van der Waals surface area contributed by atoms with Crippen molar-refractivity contribution in [2.75, 3.05) is 46.9 Å². The first-order valence-electron chi connectivity index (χ1n) is 9.43. The van der Waals surface area contributed by atoms with Crippen LogP contribution < -0.4 is 15.4 Å². The Labute approximate surface area is 181 Å². The van der Waals surface area contributed by atoms with Crippen molar-refractivity contribution < 1.29 is 9.47 Å².